The summed E-state index contributed by atoms with van der Waals surface area (Å²) in [6.07, 6.45) is 1.55. The number of carbonyl (C=O) groups is 1. The lowest BCUT2D eigenvalue weighted by molar-refractivity contribution is -0.116. The molecular formula is C20H17ClN4O3S. The fraction of sp³-hybridized carbons (Fsp3) is 0.100. The summed E-state index contributed by atoms with van der Waals surface area (Å²) >= 11 is 5.94. The lowest BCUT2D eigenvalue weighted by atomic mass is 10.3. The van der Waals surface area contributed by atoms with Crippen LogP contribution in [0.1, 0.15) is 0 Å². The number of pyridine rings is 1. The molecule has 1 N–H and O–H groups in total. The molecule has 148 valence electrons. The van der Waals surface area contributed by atoms with E-state index in [1.165, 1.54) is 6.07 Å². The highest BCUT2D eigenvalue weighted by Gasteiger charge is 2.37. The van der Waals surface area contributed by atoms with E-state index in [2.05, 4.69) is 10.3 Å². The molecular weight excluding hydrogens is 412 g/mol. The number of aromatic nitrogens is 1. The molecule has 29 heavy (non-hydrogen) atoms. The summed E-state index contributed by atoms with van der Waals surface area (Å²) in [6.45, 7) is -0.369. The predicted molar refractivity (Wildman–Crippen MR) is 112 cm³/mol. The van der Waals surface area contributed by atoms with Crippen LogP contribution in [0.3, 0.4) is 0 Å². The highest BCUT2D eigenvalue weighted by atomic mass is 35.5. The van der Waals surface area contributed by atoms with E-state index in [0.29, 0.717) is 16.5 Å². The van der Waals surface area contributed by atoms with Crippen LogP contribution in [-0.4, -0.2) is 36.8 Å². The molecule has 7 nitrogen and oxygen atoms in total. The number of benzene rings is 2. The van der Waals surface area contributed by atoms with Gasteiger partial charge >= 0.3 is 0 Å². The molecule has 1 amide bonds. The molecule has 0 atom stereocenters. The zero-order chi connectivity index (χ0) is 20.4. The van der Waals surface area contributed by atoms with E-state index in [0.717, 1.165) is 9.99 Å². The molecule has 0 bridgehead atoms. The van der Waals surface area contributed by atoms with Crippen molar-refractivity contribution in [2.75, 3.05) is 23.4 Å². The average molecular weight is 429 g/mol. The lowest BCUT2D eigenvalue weighted by Crippen LogP contribution is -2.47. The normalized spacial score (nSPS) is 15.6. The van der Waals surface area contributed by atoms with Crippen LogP contribution in [0.4, 0.5) is 17.2 Å². The molecule has 0 spiro atoms. The molecule has 3 aromatic rings. The minimum atomic E-state index is -3.88. The molecule has 0 aliphatic carbocycles. The van der Waals surface area contributed by atoms with Gasteiger partial charge in [-0.1, -0.05) is 35.9 Å². The van der Waals surface area contributed by atoms with E-state index in [9.17, 15) is 13.2 Å². The van der Waals surface area contributed by atoms with Crippen LogP contribution in [0.15, 0.2) is 77.8 Å². The van der Waals surface area contributed by atoms with Crippen molar-refractivity contribution in [3.05, 3.63) is 77.9 Å². The summed E-state index contributed by atoms with van der Waals surface area (Å²) in [4.78, 5) is 18.6. The Morgan fingerprint density at radius 1 is 1.07 bits per heavy atom. The van der Waals surface area contributed by atoms with Gasteiger partial charge in [-0.3, -0.25) is 4.79 Å². The number of hydrogen-bond donors (Lipinski definition) is 1. The first-order chi connectivity index (χ1) is 13.9. The summed E-state index contributed by atoms with van der Waals surface area (Å²) in [7, 11) is -3.88. The first kappa shape index (κ1) is 19.4. The molecule has 2 heterocycles. The van der Waals surface area contributed by atoms with Crippen molar-refractivity contribution in [2.24, 2.45) is 0 Å². The maximum absolute atomic E-state index is 13.1. The highest BCUT2D eigenvalue weighted by molar-refractivity contribution is 7.89. The number of nitrogens with zero attached hydrogens (tertiary/aromatic N) is 3. The molecule has 2 aromatic carbocycles. The van der Waals surface area contributed by atoms with Gasteiger partial charge in [0.05, 0.1) is 13.2 Å². The predicted octanol–water partition coefficient (Wildman–Crippen LogP) is 3.47. The number of amides is 1. The van der Waals surface area contributed by atoms with Gasteiger partial charge in [0.15, 0.2) is 5.82 Å². The SMILES string of the molecule is O=C(CN1CN(c2ccccc2)c2ncccc2S1(=O)=O)Nc1cccc(Cl)c1. The van der Waals surface area contributed by atoms with Crippen LogP contribution >= 0.6 is 11.6 Å². The van der Waals surface area contributed by atoms with E-state index in [-0.39, 0.29) is 18.1 Å². The average Bonchev–Trinajstić information content (AvgIpc) is 2.71. The second-order valence-corrected chi connectivity index (χ2v) is 8.75. The number of anilines is 3. The molecule has 1 aromatic heterocycles. The smallest absolute Gasteiger partial charge is 0.248 e. The quantitative estimate of drug-likeness (QED) is 0.688. The van der Waals surface area contributed by atoms with Crippen molar-refractivity contribution in [3.8, 4) is 0 Å². The maximum atomic E-state index is 13.1. The topological polar surface area (TPSA) is 82.6 Å². The molecule has 9 heteroatoms. The van der Waals surface area contributed by atoms with E-state index in [1.54, 1.807) is 41.4 Å². The van der Waals surface area contributed by atoms with Crippen molar-refractivity contribution in [2.45, 2.75) is 4.90 Å². The fourth-order valence-corrected chi connectivity index (χ4v) is 4.77. The second kappa shape index (κ2) is 7.82. The standard InChI is InChI=1S/C20H17ClN4O3S/c21-15-6-4-7-16(12-15)23-19(26)13-24-14-25(17-8-2-1-3-9-17)20-18(29(24,27)28)10-5-11-22-20/h1-12H,13-14H2,(H,23,26). The van der Waals surface area contributed by atoms with E-state index >= 15 is 0 Å². The first-order valence-electron chi connectivity index (χ1n) is 8.78. The number of para-hydroxylation sites is 1. The van der Waals surface area contributed by atoms with Crippen LogP contribution in [0.2, 0.25) is 5.02 Å². The molecule has 4 rings (SSSR count). The molecule has 0 saturated carbocycles. The zero-order valence-electron chi connectivity index (χ0n) is 15.2. The van der Waals surface area contributed by atoms with Gasteiger partial charge in [-0.15, -0.1) is 0 Å². The van der Waals surface area contributed by atoms with Crippen LogP contribution in [0.25, 0.3) is 0 Å². The van der Waals surface area contributed by atoms with Gasteiger partial charge in [-0.2, -0.15) is 4.31 Å². The summed E-state index contributed by atoms with van der Waals surface area (Å²) in [6, 6.07) is 19.0. The third-order valence-corrected chi connectivity index (χ3v) is 6.45. The Balaban J connectivity index is 1.64. The van der Waals surface area contributed by atoms with Gasteiger partial charge in [0.25, 0.3) is 0 Å². The largest absolute Gasteiger partial charge is 0.325 e. The van der Waals surface area contributed by atoms with Crippen molar-refractivity contribution < 1.29 is 13.2 Å². The van der Waals surface area contributed by atoms with E-state index in [1.807, 2.05) is 30.3 Å². The molecule has 0 saturated heterocycles. The minimum Gasteiger partial charge on any atom is -0.325 e. The Morgan fingerprint density at radius 2 is 1.86 bits per heavy atom. The first-order valence-corrected chi connectivity index (χ1v) is 10.6. The summed E-state index contributed by atoms with van der Waals surface area (Å²) in [5.41, 5.74) is 1.28. The lowest BCUT2D eigenvalue weighted by Gasteiger charge is -2.36. The summed E-state index contributed by atoms with van der Waals surface area (Å²) < 4.78 is 27.3. The molecule has 0 radical (unpaired) electrons. The van der Waals surface area contributed by atoms with Gasteiger partial charge in [0.1, 0.15) is 4.90 Å². The van der Waals surface area contributed by atoms with Crippen LogP contribution in [0, 0.1) is 0 Å². The third-order valence-electron chi connectivity index (χ3n) is 4.42. The number of nitrogens with one attached hydrogen (secondary N) is 1. The molecule has 0 fully saturated rings. The number of sulfonamides is 1. The van der Waals surface area contributed by atoms with Crippen molar-refractivity contribution in [3.63, 3.8) is 0 Å². The summed E-state index contributed by atoms with van der Waals surface area (Å²) in [5.74, 6) is -0.124. The number of rotatable bonds is 4. The monoisotopic (exact) mass is 428 g/mol. The van der Waals surface area contributed by atoms with E-state index < -0.39 is 15.9 Å². The number of halogens is 1. The third kappa shape index (κ3) is 3.95. The minimum absolute atomic E-state index is 0.0284. The molecule has 1 aliphatic heterocycles. The van der Waals surface area contributed by atoms with Gasteiger partial charge in [-0.05, 0) is 42.5 Å². The molecule has 0 unspecified atom stereocenters. The Bertz CT molecular complexity index is 1160. The van der Waals surface area contributed by atoms with E-state index in [4.69, 9.17) is 11.6 Å². The second-order valence-electron chi connectivity index (χ2n) is 6.40. The van der Waals surface area contributed by atoms with Crippen molar-refractivity contribution in [1.82, 2.24) is 9.29 Å². The Labute approximate surface area is 173 Å². The molecule has 1 aliphatic rings. The fourth-order valence-electron chi connectivity index (χ4n) is 3.10. The van der Waals surface area contributed by atoms with Crippen molar-refractivity contribution >= 4 is 44.7 Å². The number of fused-ring (bicyclic) bond motifs is 1. The zero-order valence-corrected chi connectivity index (χ0v) is 16.8. The van der Waals surface area contributed by atoms with Gasteiger partial charge in [0.2, 0.25) is 15.9 Å². The van der Waals surface area contributed by atoms with Gasteiger partial charge in [-0.25, -0.2) is 13.4 Å². The summed E-state index contributed by atoms with van der Waals surface area (Å²) in [5, 5.41) is 3.16. The maximum Gasteiger partial charge on any atom is 0.248 e. The van der Waals surface area contributed by atoms with Crippen LogP contribution in [0.5, 0.6) is 0 Å². The Morgan fingerprint density at radius 3 is 2.62 bits per heavy atom. The van der Waals surface area contributed by atoms with Gasteiger partial charge < -0.3 is 10.2 Å². The van der Waals surface area contributed by atoms with Crippen LogP contribution in [-0.2, 0) is 14.8 Å². The highest BCUT2D eigenvalue weighted by Crippen LogP contribution is 2.35. The van der Waals surface area contributed by atoms with Gasteiger partial charge in [0, 0.05) is 22.6 Å². The Kier molecular flexibility index (Phi) is 5.23. The number of carbonyl (C=O) groups excluding carboxylic acids is 1. The van der Waals surface area contributed by atoms with Crippen molar-refractivity contribution in [1.29, 1.82) is 0 Å². The Hall–Kier alpha value is -2.94. The number of hydrogen-bond acceptors (Lipinski definition) is 5. The van der Waals surface area contributed by atoms with Crippen LogP contribution < -0.4 is 10.2 Å².